The van der Waals surface area contributed by atoms with Gasteiger partial charge in [0.15, 0.2) is 11.5 Å². The Bertz CT molecular complexity index is 1110. The van der Waals surface area contributed by atoms with Crippen LogP contribution >= 0.6 is 22.6 Å². The van der Waals surface area contributed by atoms with Gasteiger partial charge in [-0.25, -0.2) is 18.7 Å². The minimum absolute atomic E-state index is 0.135. The van der Waals surface area contributed by atoms with E-state index in [4.69, 9.17) is 5.73 Å². The lowest BCUT2D eigenvalue weighted by atomic mass is 10.1. The van der Waals surface area contributed by atoms with Crippen molar-refractivity contribution in [1.29, 1.82) is 0 Å². The third kappa shape index (κ3) is 2.98. The molecule has 0 saturated carbocycles. The molecule has 0 amide bonds. The predicted octanol–water partition coefficient (Wildman–Crippen LogP) is 3.24. The van der Waals surface area contributed by atoms with Gasteiger partial charge in [0, 0.05) is 11.8 Å². The second-order valence-corrected chi connectivity index (χ2v) is 6.59. The van der Waals surface area contributed by atoms with E-state index in [-0.39, 0.29) is 23.9 Å². The van der Waals surface area contributed by atoms with Crippen LogP contribution in [-0.2, 0) is 6.42 Å². The molecule has 6 nitrogen and oxygen atoms in total. The van der Waals surface area contributed by atoms with E-state index in [1.807, 2.05) is 0 Å². The fourth-order valence-corrected chi connectivity index (χ4v) is 3.33. The minimum Gasteiger partial charge on any atom is -0.368 e. The number of halogens is 3. The Morgan fingerprint density at radius 3 is 2.58 bits per heavy atom. The number of fused-ring (bicyclic) bond motifs is 1. The zero-order chi connectivity index (χ0) is 18.3. The second kappa shape index (κ2) is 6.56. The molecule has 130 valence electrons. The van der Waals surface area contributed by atoms with Crippen molar-refractivity contribution < 1.29 is 8.78 Å². The van der Waals surface area contributed by atoms with Gasteiger partial charge in [-0.1, -0.05) is 0 Å². The highest BCUT2D eigenvalue weighted by molar-refractivity contribution is 14.1. The molecule has 3 aromatic heterocycles. The summed E-state index contributed by atoms with van der Waals surface area (Å²) < 4.78 is 29.1. The molecular weight excluding hydrogens is 453 g/mol. The third-order valence-electron chi connectivity index (χ3n) is 3.78. The van der Waals surface area contributed by atoms with Crippen molar-refractivity contribution in [2.75, 3.05) is 5.73 Å². The van der Waals surface area contributed by atoms with Gasteiger partial charge in [-0.15, -0.1) is 5.10 Å². The van der Waals surface area contributed by atoms with Crippen LogP contribution < -0.4 is 5.73 Å². The highest BCUT2D eigenvalue weighted by Crippen LogP contribution is 2.27. The van der Waals surface area contributed by atoms with Gasteiger partial charge >= 0.3 is 0 Å². The molecule has 0 unspecified atom stereocenters. The molecule has 0 spiro atoms. The second-order valence-electron chi connectivity index (χ2n) is 5.51. The normalized spacial score (nSPS) is 11.2. The summed E-state index contributed by atoms with van der Waals surface area (Å²) in [4.78, 5) is 12.8. The summed E-state index contributed by atoms with van der Waals surface area (Å²) in [6, 6.07) is 8.81. The topological polar surface area (TPSA) is 82.0 Å². The van der Waals surface area contributed by atoms with Crippen molar-refractivity contribution >= 4 is 34.2 Å². The molecule has 0 aliphatic rings. The van der Waals surface area contributed by atoms with Crippen molar-refractivity contribution in [1.82, 2.24) is 24.6 Å². The Labute approximate surface area is 160 Å². The summed E-state index contributed by atoms with van der Waals surface area (Å²) >= 11 is 2.09. The minimum atomic E-state index is -0.417. The monoisotopic (exact) mass is 464 g/mol. The number of nitrogen functional groups attached to an aromatic ring is 1. The molecule has 4 aromatic rings. The molecule has 2 N–H and O–H groups in total. The van der Waals surface area contributed by atoms with Crippen LogP contribution in [0.5, 0.6) is 0 Å². The van der Waals surface area contributed by atoms with E-state index in [0.717, 1.165) is 0 Å². The molecule has 0 fully saturated rings. The summed E-state index contributed by atoms with van der Waals surface area (Å²) in [7, 11) is 0. The van der Waals surface area contributed by atoms with Gasteiger partial charge in [-0.2, -0.15) is 4.52 Å². The molecule has 0 bridgehead atoms. The number of anilines is 1. The van der Waals surface area contributed by atoms with E-state index < -0.39 is 5.82 Å². The highest BCUT2D eigenvalue weighted by Gasteiger charge is 2.17. The number of rotatable bonds is 3. The summed E-state index contributed by atoms with van der Waals surface area (Å²) in [5.74, 6) is -0.232. The van der Waals surface area contributed by atoms with E-state index in [1.54, 1.807) is 12.1 Å². The third-order valence-corrected chi connectivity index (χ3v) is 4.77. The predicted molar refractivity (Wildman–Crippen MR) is 100 cm³/mol. The lowest BCUT2D eigenvalue weighted by molar-refractivity contribution is 0.601. The van der Waals surface area contributed by atoms with E-state index in [1.165, 1.54) is 35.0 Å². The lowest BCUT2D eigenvalue weighted by Gasteiger charge is -2.06. The summed E-state index contributed by atoms with van der Waals surface area (Å²) in [5, 5.41) is 4.30. The lowest BCUT2D eigenvalue weighted by Crippen LogP contribution is -2.06. The number of nitrogens with two attached hydrogens (primary N) is 1. The first-order valence-electron chi connectivity index (χ1n) is 7.59. The van der Waals surface area contributed by atoms with Gasteiger partial charge in [-0.3, -0.25) is 4.98 Å². The van der Waals surface area contributed by atoms with Crippen LogP contribution in [0, 0.1) is 15.2 Å². The van der Waals surface area contributed by atoms with Crippen molar-refractivity contribution in [2.45, 2.75) is 6.42 Å². The first kappa shape index (κ1) is 16.8. The Kier molecular flexibility index (Phi) is 4.23. The largest absolute Gasteiger partial charge is 0.368 e. The Morgan fingerprint density at radius 2 is 1.85 bits per heavy atom. The fourth-order valence-electron chi connectivity index (χ4n) is 2.55. The van der Waals surface area contributed by atoms with Crippen LogP contribution in [0.25, 0.3) is 16.9 Å². The standard InChI is InChI=1S/C17H11F2IN6/c18-10-5-3-9(4-6-10)15-14(20)16-23-13(25-26(16)17(21)24-15)8-12-11(19)2-1-7-22-12/h1-7H,8H2,(H2,21,24). The van der Waals surface area contributed by atoms with Gasteiger partial charge < -0.3 is 5.73 Å². The summed E-state index contributed by atoms with van der Waals surface area (Å²) in [6.07, 6.45) is 1.65. The Balaban J connectivity index is 1.81. The smallest absolute Gasteiger partial charge is 0.223 e. The molecular formula is C17H11F2IN6. The van der Waals surface area contributed by atoms with Crippen molar-refractivity contribution in [3.8, 4) is 11.3 Å². The quantitative estimate of drug-likeness (QED) is 0.471. The zero-order valence-electron chi connectivity index (χ0n) is 13.2. The average molecular weight is 464 g/mol. The van der Waals surface area contributed by atoms with Crippen LogP contribution in [0.3, 0.4) is 0 Å². The maximum Gasteiger partial charge on any atom is 0.223 e. The molecule has 3 heterocycles. The van der Waals surface area contributed by atoms with Crippen LogP contribution in [0.15, 0.2) is 42.6 Å². The number of pyridine rings is 1. The molecule has 9 heteroatoms. The van der Waals surface area contributed by atoms with Crippen LogP contribution in [0.1, 0.15) is 11.5 Å². The average Bonchev–Trinajstić information content (AvgIpc) is 3.06. The zero-order valence-corrected chi connectivity index (χ0v) is 15.4. The van der Waals surface area contributed by atoms with Crippen LogP contribution in [0.2, 0.25) is 0 Å². The number of hydrogen-bond acceptors (Lipinski definition) is 5. The number of benzene rings is 1. The molecule has 0 aliphatic heterocycles. The van der Waals surface area contributed by atoms with Gasteiger partial charge in [0.25, 0.3) is 0 Å². The molecule has 26 heavy (non-hydrogen) atoms. The van der Waals surface area contributed by atoms with E-state index in [9.17, 15) is 8.78 Å². The van der Waals surface area contributed by atoms with Crippen LogP contribution in [-0.4, -0.2) is 24.6 Å². The number of aromatic nitrogens is 5. The van der Waals surface area contributed by atoms with Crippen molar-refractivity contribution in [2.24, 2.45) is 0 Å². The Hall–Kier alpha value is -2.69. The summed E-state index contributed by atoms with van der Waals surface area (Å²) in [5.41, 5.74) is 8.06. The molecule has 0 aliphatic carbocycles. The van der Waals surface area contributed by atoms with Crippen molar-refractivity contribution in [3.63, 3.8) is 0 Å². The first-order chi connectivity index (χ1) is 12.5. The maximum atomic E-state index is 13.8. The molecule has 0 atom stereocenters. The fraction of sp³-hybridized carbons (Fsp3) is 0.0588. The van der Waals surface area contributed by atoms with Gasteiger partial charge in [-0.05, 0) is 59.0 Å². The Morgan fingerprint density at radius 1 is 1.08 bits per heavy atom. The van der Waals surface area contributed by atoms with E-state index in [0.29, 0.717) is 26.3 Å². The summed E-state index contributed by atoms with van der Waals surface area (Å²) in [6.45, 7) is 0. The number of hydrogen-bond donors (Lipinski definition) is 1. The van der Waals surface area contributed by atoms with E-state index in [2.05, 4.69) is 42.6 Å². The van der Waals surface area contributed by atoms with E-state index >= 15 is 0 Å². The molecule has 4 rings (SSSR count). The number of nitrogens with zero attached hydrogens (tertiary/aromatic N) is 5. The SMILES string of the molecule is Nc1nc(-c2ccc(F)cc2)c(I)c2nc(Cc3ncccc3F)nn12. The molecule has 1 aromatic carbocycles. The molecule has 0 saturated heterocycles. The van der Waals surface area contributed by atoms with Gasteiger partial charge in [0.2, 0.25) is 5.95 Å². The van der Waals surface area contributed by atoms with Gasteiger partial charge in [0.1, 0.15) is 11.6 Å². The first-order valence-corrected chi connectivity index (χ1v) is 8.67. The highest BCUT2D eigenvalue weighted by atomic mass is 127. The molecule has 0 radical (unpaired) electrons. The van der Waals surface area contributed by atoms with Crippen molar-refractivity contribution in [3.05, 3.63) is 69.3 Å². The maximum absolute atomic E-state index is 13.8. The van der Waals surface area contributed by atoms with Gasteiger partial charge in [0.05, 0.1) is 21.4 Å². The van der Waals surface area contributed by atoms with Crippen LogP contribution in [0.4, 0.5) is 14.7 Å².